The Morgan fingerprint density at radius 1 is 1.14 bits per heavy atom. The molecule has 2 aromatic carbocycles. The molecule has 28 heavy (non-hydrogen) atoms. The van der Waals surface area contributed by atoms with E-state index in [0.29, 0.717) is 18.1 Å². The normalized spacial score (nSPS) is 10.9. The van der Waals surface area contributed by atoms with Gasteiger partial charge in [-0.15, -0.1) is 5.10 Å². The van der Waals surface area contributed by atoms with Crippen molar-refractivity contribution in [3.05, 3.63) is 66.7 Å². The van der Waals surface area contributed by atoms with Gasteiger partial charge < -0.3 is 10.1 Å². The highest BCUT2D eigenvalue weighted by molar-refractivity contribution is 5.90. The van der Waals surface area contributed by atoms with Crippen molar-refractivity contribution < 1.29 is 13.9 Å². The molecule has 0 aliphatic carbocycles. The molecule has 8 nitrogen and oxygen atoms in total. The van der Waals surface area contributed by atoms with Crippen molar-refractivity contribution in [2.75, 3.05) is 11.9 Å². The minimum atomic E-state index is -0.332. The van der Waals surface area contributed by atoms with E-state index in [0.717, 1.165) is 11.0 Å². The van der Waals surface area contributed by atoms with Crippen molar-refractivity contribution in [3.8, 4) is 5.75 Å². The first kappa shape index (κ1) is 17.7. The zero-order valence-corrected chi connectivity index (χ0v) is 14.8. The van der Waals surface area contributed by atoms with Crippen molar-refractivity contribution in [2.24, 2.45) is 0 Å². The molecule has 9 heteroatoms. The molecule has 4 rings (SSSR count). The van der Waals surface area contributed by atoms with Crippen molar-refractivity contribution in [1.82, 2.24) is 24.8 Å². The molecule has 1 amide bonds. The minimum Gasteiger partial charge on any atom is -0.493 e. The van der Waals surface area contributed by atoms with E-state index in [2.05, 4.69) is 20.7 Å². The SMILES string of the molecule is O=C(CCOc1ccc(F)cc1)Nc1cnn(Cn2nnc3ccccc32)c1. The number of rotatable bonds is 7. The second-order valence-electron chi connectivity index (χ2n) is 6.09. The number of halogens is 1. The lowest BCUT2D eigenvalue weighted by atomic mass is 10.3. The maximum atomic E-state index is 12.8. The molecule has 2 aromatic heterocycles. The number of nitrogens with zero attached hydrogens (tertiary/aromatic N) is 5. The number of ether oxygens (including phenoxy) is 1. The van der Waals surface area contributed by atoms with Gasteiger partial charge in [-0.3, -0.25) is 4.79 Å². The highest BCUT2D eigenvalue weighted by atomic mass is 19.1. The summed E-state index contributed by atoms with van der Waals surface area (Å²) in [5.41, 5.74) is 2.29. The van der Waals surface area contributed by atoms with E-state index in [1.165, 1.54) is 24.3 Å². The van der Waals surface area contributed by atoms with Gasteiger partial charge >= 0.3 is 0 Å². The number of benzene rings is 2. The lowest BCUT2D eigenvalue weighted by Crippen LogP contribution is -2.15. The Kier molecular flexibility index (Phi) is 4.96. The fourth-order valence-electron chi connectivity index (χ4n) is 2.68. The van der Waals surface area contributed by atoms with E-state index in [1.807, 2.05) is 24.3 Å². The molecule has 0 fully saturated rings. The number of nitrogens with one attached hydrogen (secondary N) is 1. The van der Waals surface area contributed by atoms with Crippen molar-refractivity contribution in [3.63, 3.8) is 0 Å². The monoisotopic (exact) mass is 380 g/mol. The zero-order chi connectivity index (χ0) is 19.3. The van der Waals surface area contributed by atoms with Gasteiger partial charge in [-0.05, 0) is 36.4 Å². The van der Waals surface area contributed by atoms with Crippen LogP contribution in [-0.2, 0) is 11.5 Å². The van der Waals surface area contributed by atoms with Gasteiger partial charge in [0.25, 0.3) is 0 Å². The number of carbonyl (C=O) groups is 1. The average molecular weight is 380 g/mol. The summed E-state index contributed by atoms with van der Waals surface area (Å²) in [4.78, 5) is 12.0. The minimum absolute atomic E-state index is 0.163. The molecular formula is C19H17FN6O2. The largest absolute Gasteiger partial charge is 0.493 e. The van der Waals surface area contributed by atoms with Crippen LogP contribution in [0, 0.1) is 5.82 Å². The Hall–Kier alpha value is -3.75. The molecule has 2 heterocycles. The van der Waals surface area contributed by atoms with Gasteiger partial charge in [0, 0.05) is 0 Å². The highest BCUT2D eigenvalue weighted by Crippen LogP contribution is 2.13. The molecule has 0 unspecified atom stereocenters. The third kappa shape index (κ3) is 4.14. The van der Waals surface area contributed by atoms with Gasteiger partial charge in [0.2, 0.25) is 5.91 Å². The maximum Gasteiger partial charge on any atom is 0.227 e. The molecule has 0 radical (unpaired) electrons. The Morgan fingerprint density at radius 3 is 2.82 bits per heavy atom. The number of para-hydroxylation sites is 1. The Morgan fingerprint density at radius 2 is 1.96 bits per heavy atom. The number of hydrogen-bond acceptors (Lipinski definition) is 5. The smallest absolute Gasteiger partial charge is 0.227 e. The summed E-state index contributed by atoms with van der Waals surface area (Å²) < 4.78 is 21.6. The van der Waals surface area contributed by atoms with Crippen LogP contribution in [0.5, 0.6) is 5.75 Å². The fraction of sp³-hybridized carbons (Fsp3) is 0.158. The number of fused-ring (bicyclic) bond motifs is 1. The first-order valence-electron chi connectivity index (χ1n) is 8.66. The van der Waals surface area contributed by atoms with Crippen LogP contribution in [0.3, 0.4) is 0 Å². The number of hydrogen-bond donors (Lipinski definition) is 1. The van der Waals surface area contributed by atoms with E-state index in [-0.39, 0.29) is 24.8 Å². The van der Waals surface area contributed by atoms with E-state index in [9.17, 15) is 9.18 Å². The third-order valence-electron chi connectivity index (χ3n) is 4.03. The van der Waals surface area contributed by atoms with Crippen LogP contribution in [0.4, 0.5) is 10.1 Å². The molecule has 0 spiro atoms. The zero-order valence-electron chi connectivity index (χ0n) is 14.8. The van der Waals surface area contributed by atoms with Crippen molar-refractivity contribution in [2.45, 2.75) is 13.1 Å². The highest BCUT2D eigenvalue weighted by Gasteiger charge is 2.08. The summed E-state index contributed by atoms with van der Waals surface area (Å²) in [6.45, 7) is 0.570. The summed E-state index contributed by atoms with van der Waals surface area (Å²) in [5.74, 6) is -0.0176. The van der Waals surface area contributed by atoms with Gasteiger partial charge in [-0.2, -0.15) is 5.10 Å². The van der Waals surface area contributed by atoms with Crippen LogP contribution in [0.2, 0.25) is 0 Å². The Bertz CT molecular complexity index is 1090. The summed E-state index contributed by atoms with van der Waals surface area (Å²) >= 11 is 0. The molecule has 0 saturated carbocycles. The van der Waals surface area contributed by atoms with Gasteiger partial charge in [0.1, 0.15) is 23.8 Å². The molecular weight excluding hydrogens is 363 g/mol. The predicted molar refractivity (Wildman–Crippen MR) is 100 cm³/mol. The van der Waals surface area contributed by atoms with Crippen molar-refractivity contribution in [1.29, 1.82) is 0 Å². The fourth-order valence-corrected chi connectivity index (χ4v) is 2.68. The number of aromatic nitrogens is 5. The first-order valence-corrected chi connectivity index (χ1v) is 8.66. The number of amides is 1. The Balaban J connectivity index is 1.29. The third-order valence-corrected chi connectivity index (χ3v) is 4.03. The molecule has 4 aromatic rings. The van der Waals surface area contributed by atoms with Crippen LogP contribution in [0.15, 0.2) is 60.9 Å². The quantitative estimate of drug-likeness (QED) is 0.533. The van der Waals surface area contributed by atoms with Gasteiger partial charge in [0.15, 0.2) is 0 Å². The molecule has 0 aliphatic heterocycles. The van der Waals surface area contributed by atoms with Gasteiger partial charge in [-0.25, -0.2) is 13.8 Å². The van der Waals surface area contributed by atoms with Gasteiger partial charge in [-0.1, -0.05) is 17.3 Å². The number of carbonyl (C=O) groups excluding carboxylic acids is 1. The van der Waals surface area contributed by atoms with Crippen LogP contribution in [0.25, 0.3) is 11.0 Å². The number of anilines is 1. The second kappa shape index (κ2) is 7.87. The molecule has 0 aliphatic rings. The van der Waals surface area contributed by atoms with E-state index in [1.54, 1.807) is 21.8 Å². The average Bonchev–Trinajstić information content (AvgIpc) is 3.31. The van der Waals surface area contributed by atoms with E-state index >= 15 is 0 Å². The van der Waals surface area contributed by atoms with Crippen LogP contribution < -0.4 is 10.1 Å². The van der Waals surface area contributed by atoms with Crippen LogP contribution in [-0.4, -0.2) is 37.3 Å². The summed E-state index contributed by atoms with van der Waals surface area (Å²) in [6, 6.07) is 13.3. The van der Waals surface area contributed by atoms with Gasteiger partial charge in [0.05, 0.1) is 36.6 Å². The molecule has 142 valence electrons. The predicted octanol–water partition coefficient (Wildman–Crippen LogP) is 2.68. The van der Waals surface area contributed by atoms with Crippen LogP contribution >= 0.6 is 0 Å². The lowest BCUT2D eigenvalue weighted by molar-refractivity contribution is -0.116. The topological polar surface area (TPSA) is 86.9 Å². The van der Waals surface area contributed by atoms with Crippen molar-refractivity contribution >= 4 is 22.6 Å². The van der Waals surface area contributed by atoms with E-state index < -0.39 is 0 Å². The molecule has 0 atom stereocenters. The summed E-state index contributed by atoms with van der Waals surface area (Å²) in [5, 5.41) is 15.2. The van der Waals surface area contributed by atoms with Crippen LogP contribution in [0.1, 0.15) is 6.42 Å². The standard InChI is InChI=1S/C19H17FN6O2/c20-14-5-7-16(8-6-14)28-10-9-19(27)22-15-11-21-25(12-15)13-26-18-4-2-1-3-17(18)23-24-26/h1-8,11-12H,9-10,13H2,(H,22,27). The lowest BCUT2D eigenvalue weighted by Gasteiger charge is -2.06. The molecule has 0 bridgehead atoms. The van der Waals surface area contributed by atoms with E-state index in [4.69, 9.17) is 4.74 Å². The Labute approximate surface area is 159 Å². The summed E-state index contributed by atoms with van der Waals surface area (Å²) in [6.07, 6.45) is 3.45. The second-order valence-corrected chi connectivity index (χ2v) is 6.09. The first-order chi connectivity index (χ1) is 13.7. The molecule has 0 saturated heterocycles. The maximum absolute atomic E-state index is 12.8. The summed E-state index contributed by atoms with van der Waals surface area (Å²) in [7, 11) is 0. The molecule has 1 N–H and O–H groups in total.